The third kappa shape index (κ3) is 3.09. The lowest BCUT2D eigenvalue weighted by Crippen LogP contribution is -2.34. The molecule has 0 unspecified atom stereocenters. The van der Waals surface area contributed by atoms with Crippen LogP contribution in [0, 0.1) is 5.92 Å². The number of nitrogens with zero attached hydrogens (tertiary/aromatic N) is 5. The summed E-state index contributed by atoms with van der Waals surface area (Å²) < 4.78 is 1.73. The topological polar surface area (TPSA) is 63.9 Å². The SMILES string of the molecule is CCc1nn(-c2cncnc2)cc1N(CC)C(=O)C(C)C. The van der Waals surface area contributed by atoms with Gasteiger partial charge in [0, 0.05) is 12.5 Å². The van der Waals surface area contributed by atoms with Gasteiger partial charge in [0.1, 0.15) is 12.0 Å². The van der Waals surface area contributed by atoms with E-state index >= 15 is 0 Å². The van der Waals surface area contributed by atoms with E-state index in [9.17, 15) is 4.79 Å². The number of hydrogen-bond donors (Lipinski definition) is 0. The van der Waals surface area contributed by atoms with E-state index in [1.54, 1.807) is 22.0 Å². The Bertz CT molecular complexity index is 606. The van der Waals surface area contributed by atoms with Gasteiger partial charge in [0.25, 0.3) is 0 Å². The first-order valence-corrected chi connectivity index (χ1v) is 7.23. The fourth-order valence-corrected chi connectivity index (χ4v) is 2.18. The van der Waals surface area contributed by atoms with Crippen LogP contribution in [0.5, 0.6) is 0 Å². The molecule has 0 aliphatic heterocycles. The van der Waals surface area contributed by atoms with Crippen LogP contribution in [0.4, 0.5) is 5.69 Å². The number of anilines is 1. The minimum atomic E-state index is -0.0435. The molecule has 0 fully saturated rings. The monoisotopic (exact) mass is 287 g/mol. The molecular formula is C15H21N5O. The van der Waals surface area contributed by atoms with E-state index in [0.717, 1.165) is 23.5 Å². The molecule has 2 heterocycles. The second-order valence-electron chi connectivity index (χ2n) is 5.09. The van der Waals surface area contributed by atoms with Crippen molar-refractivity contribution in [1.82, 2.24) is 19.7 Å². The molecular weight excluding hydrogens is 266 g/mol. The van der Waals surface area contributed by atoms with Crippen molar-refractivity contribution in [2.75, 3.05) is 11.4 Å². The molecule has 0 aliphatic carbocycles. The van der Waals surface area contributed by atoms with E-state index < -0.39 is 0 Å². The van der Waals surface area contributed by atoms with Crippen molar-refractivity contribution in [2.24, 2.45) is 5.92 Å². The first kappa shape index (κ1) is 15.2. The Morgan fingerprint density at radius 1 is 1.29 bits per heavy atom. The number of carbonyl (C=O) groups is 1. The lowest BCUT2D eigenvalue weighted by atomic mass is 10.1. The lowest BCUT2D eigenvalue weighted by Gasteiger charge is -2.22. The van der Waals surface area contributed by atoms with Gasteiger partial charge in [-0.3, -0.25) is 4.79 Å². The maximum absolute atomic E-state index is 12.4. The van der Waals surface area contributed by atoms with Crippen LogP contribution in [0.1, 0.15) is 33.4 Å². The summed E-state index contributed by atoms with van der Waals surface area (Å²) in [6.07, 6.45) is 7.52. The summed E-state index contributed by atoms with van der Waals surface area (Å²) in [6, 6.07) is 0. The third-order valence-electron chi connectivity index (χ3n) is 3.28. The van der Waals surface area contributed by atoms with Crippen LogP contribution in [-0.4, -0.2) is 32.2 Å². The molecule has 0 atom stereocenters. The molecule has 1 amide bonds. The average Bonchev–Trinajstić information content (AvgIpc) is 2.93. The Balaban J connectivity index is 2.44. The van der Waals surface area contributed by atoms with Crippen LogP contribution >= 0.6 is 0 Å². The van der Waals surface area contributed by atoms with Crippen LogP contribution in [0.25, 0.3) is 5.69 Å². The number of rotatable bonds is 5. The summed E-state index contributed by atoms with van der Waals surface area (Å²) in [5.41, 5.74) is 2.55. The summed E-state index contributed by atoms with van der Waals surface area (Å²) in [5.74, 6) is 0.0640. The normalized spacial score (nSPS) is 10.9. The summed E-state index contributed by atoms with van der Waals surface area (Å²) in [5, 5.41) is 4.55. The molecule has 0 aliphatic rings. The van der Waals surface area contributed by atoms with Crippen molar-refractivity contribution in [3.63, 3.8) is 0 Å². The van der Waals surface area contributed by atoms with Gasteiger partial charge in [0.2, 0.25) is 5.91 Å². The van der Waals surface area contributed by atoms with Crippen molar-refractivity contribution in [3.8, 4) is 5.69 Å². The standard InChI is InChI=1S/C15H21N5O/c1-5-13-14(19(6-2)15(21)11(3)4)9-20(18-13)12-7-16-10-17-8-12/h7-11H,5-6H2,1-4H3. The van der Waals surface area contributed by atoms with Crippen molar-refractivity contribution in [2.45, 2.75) is 34.1 Å². The maximum atomic E-state index is 12.4. The fraction of sp³-hybridized carbons (Fsp3) is 0.467. The minimum absolute atomic E-state index is 0.0435. The van der Waals surface area contributed by atoms with Crippen LogP contribution in [0.2, 0.25) is 0 Å². The van der Waals surface area contributed by atoms with Crippen LogP contribution in [0.3, 0.4) is 0 Å². The molecule has 112 valence electrons. The zero-order chi connectivity index (χ0) is 15.4. The van der Waals surface area contributed by atoms with E-state index in [-0.39, 0.29) is 11.8 Å². The van der Waals surface area contributed by atoms with Crippen LogP contribution in [-0.2, 0) is 11.2 Å². The Kier molecular flexibility index (Phi) is 4.67. The van der Waals surface area contributed by atoms with Gasteiger partial charge in [-0.25, -0.2) is 14.6 Å². The largest absolute Gasteiger partial charge is 0.309 e. The average molecular weight is 287 g/mol. The van der Waals surface area contributed by atoms with E-state index in [4.69, 9.17) is 0 Å². The summed E-state index contributed by atoms with van der Waals surface area (Å²) in [7, 11) is 0. The smallest absolute Gasteiger partial charge is 0.229 e. The molecule has 2 aromatic rings. The van der Waals surface area contributed by atoms with Crippen molar-refractivity contribution in [3.05, 3.63) is 30.6 Å². The van der Waals surface area contributed by atoms with Crippen LogP contribution in [0.15, 0.2) is 24.9 Å². The highest BCUT2D eigenvalue weighted by Crippen LogP contribution is 2.23. The summed E-state index contributed by atoms with van der Waals surface area (Å²) >= 11 is 0. The van der Waals surface area contributed by atoms with Gasteiger partial charge in [-0.05, 0) is 13.3 Å². The number of carbonyl (C=O) groups excluding carboxylic acids is 1. The summed E-state index contributed by atoms with van der Waals surface area (Å²) in [4.78, 5) is 22.1. The van der Waals surface area contributed by atoms with Gasteiger partial charge in [-0.1, -0.05) is 20.8 Å². The molecule has 2 aromatic heterocycles. The second kappa shape index (κ2) is 6.47. The second-order valence-corrected chi connectivity index (χ2v) is 5.09. The van der Waals surface area contributed by atoms with Gasteiger partial charge in [-0.15, -0.1) is 0 Å². The predicted octanol–water partition coefficient (Wildman–Crippen LogP) is 2.23. The lowest BCUT2D eigenvalue weighted by molar-refractivity contribution is -0.121. The summed E-state index contributed by atoms with van der Waals surface area (Å²) in [6.45, 7) is 8.45. The highest BCUT2D eigenvalue weighted by Gasteiger charge is 2.22. The molecule has 0 N–H and O–H groups in total. The number of aryl methyl sites for hydroxylation is 1. The Morgan fingerprint density at radius 2 is 1.95 bits per heavy atom. The molecule has 0 saturated heterocycles. The molecule has 0 spiro atoms. The minimum Gasteiger partial charge on any atom is -0.309 e. The highest BCUT2D eigenvalue weighted by atomic mass is 16.2. The van der Waals surface area contributed by atoms with Crippen molar-refractivity contribution < 1.29 is 4.79 Å². The number of amides is 1. The molecule has 0 bridgehead atoms. The quantitative estimate of drug-likeness (QED) is 0.846. The molecule has 2 rings (SSSR count). The first-order chi connectivity index (χ1) is 10.1. The zero-order valence-corrected chi connectivity index (χ0v) is 12.9. The van der Waals surface area contributed by atoms with Gasteiger partial charge in [-0.2, -0.15) is 5.10 Å². The third-order valence-corrected chi connectivity index (χ3v) is 3.28. The van der Waals surface area contributed by atoms with Gasteiger partial charge < -0.3 is 4.90 Å². The van der Waals surface area contributed by atoms with Crippen LogP contribution < -0.4 is 4.90 Å². The van der Waals surface area contributed by atoms with Crippen molar-refractivity contribution in [1.29, 1.82) is 0 Å². The molecule has 21 heavy (non-hydrogen) atoms. The van der Waals surface area contributed by atoms with E-state index in [1.165, 1.54) is 6.33 Å². The fourth-order valence-electron chi connectivity index (χ4n) is 2.18. The molecule has 0 saturated carbocycles. The Hall–Kier alpha value is -2.24. The maximum Gasteiger partial charge on any atom is 0.229 e. The van der Waals surface area contributed by atoms with Gasteiger partial charge >= 0.3 is 0 Å². The predicted molar refractivity (Wildman–Crippen MR) is 81.4 cm³/mol. The first-order valence-electron chi connectivity index (χ1n) is 7.23. The van der Waals surface area contributed by atoms with E-state index in [2.05, 4.69) is 15.1 Å². The van der Waals surface area contributed by atoms with E-state index in [1.807, 2.05) is 33.9 Å². The highest BCUT2D eigenvalue weighted by molar-refractivity contribution is 5.95. The number of hydrogen-bond acceptors (Lipinski definition) is 4. The van der Waals surface area contributed by atoms with Crippen molar-refractivity contribution >= 4 is 11.6 Å². The van der Waals surface area contributed by atoms with Gasteiger partial charge in [0.05, 0.1) is 30.0 Å². The Morgan fingerprint density at radius 3 is 2.48 bits per heavy atom. The Labute approximate surface area is 124 Å². The molecule has 0 radical (unpaired) electrons. The number of aromatic nitrogens is 4. The molecule has 0 aromatic carbocycles. The molecule has 6 heteroatoms. The van der Waals surface area contributed by atoms with Gasteiger partial charge in [0.15, 0.2) is 0 Å². The van der Waals surface area contributed by atoms with E-state index in [0.29, 0.717) is 6.54 Å². The molecule has 6 nitrogen and oxygen atoms in total. The zero-order valence-electron chi connectivity index (χ0n) is 12.9.